The standard InChI is InChI=1S/C9H12N4O/c1-2-3-8(4-10)13-9(14)7-5-11-12-6-7/h5-6,8H,2-3H2,1H3,(H,11,12)(H,13,14). The Balaban J connectivity index is 2.52. The number of aromatic nitrogens is 2. The molecule has 0 fully saturated rings. The van der Waals surface area contributed by atoms with Gasteiger partial charge in [-0.1, -0.05) is 13.3 Å². The highest BCUT2D eigenvalue weighted by molar-refractivity contribution is 5.93. The van der Waals surface area contributed by atoms with E-state index >= 15 is 0 Å². The van der Waals surface area contributed by atoms with E-state index < -0.39 is 6.04 Å². The number of nitrogens with one attached hydrogen (secondary N) is 2. The van der Waals surface area contributed by atoms with Gasteiger partial charge < -0.3 is 5.32 Å². The lowest BCUT2D eigenvalue weighted by molar-refractivity contribution is 0.0944. The van der Waals surface area contributed by atoms with Crippen LogP contribution in [0, 0.1) is 11.3 Å². The van der Waals surface area contributed by atoms with Gasteiger partial charge in [-0.3, -0.25) is 9.89 Å². The number of aromatic amines is 1. The molecule has 0 saturated heterocycles. The highest BCUT2D eigenvalue weighted by atomic mass is 16.1. The van der Waals surface area contributed by atoms with Crippen molar-refractivity contribution in [1.82, 2.24) is 15.5 Å². The molecule has 1 unspecified atom stereocenters. The van der Waals surface area contributed by atoms with Crippen LogP contribution >= 0.6 is 0 Å². The molecule has 1 atom stereocenters. The highest BCUT2D eigenvalue weighted by Gasteiger charge is 2.12. The van der Waals surface area contributed by atoms with Gasteiger partial charge in [0.2, 0.25) is 0 Å². The molecule has 1 aromatic heterocycles. The zero-order chi connectivity index (χ0) is 10.4. The Labute approximate surface area is 82.1 Å². The molecule has 0 spiro atoms. The SMILES string of the molecule is CCCC(C#N)NC(=O)c1cn[nH]c1. The Kier molecular flexibility index (Phi) is 3.68. The fourth-order valence-corrected chi connectivity index (χ4v) is 1.07. The van der Waals surface area contributed by atoms with Crippen LogP contribution in [-0.4, -0.2) is 22.1 Å². The van der Waals surface area contributed by atoms with Crippen LogP contribution < -0.4 is 5.32 Å². The summed E-state index contributed by atoms with van der Waals surface area (Å²) in [7, 11) is 0. The maximum Gasteiger partial charge on any atom is 0.255 e. The van der Waals surface area contributed by atoms with Gasteiger partial charge in [0.1, 0.15) is 6.04 Å². The van der Waals surface area contributed by atoms with E-state index in [4.69, 9.17) is 5.26 Å². The first-order valence-corrected chi connectivity index (χ1v) is 4.47. The summed E-state index contributed by atoms with van der Waals surface area (Å²) in [6.07, 6.45) is 4.45. The molecular formula is C9H12N4O. The second-order valence-electron chi connectivity index (χ2n) is 2.93. The van der Waals surface area contributed by atoms with Crippen LogP contribution in [0.15, 0.2) is 12.4 Å². The molecule has 1 amide bonds. The normalized spacial score (nSPS) is 11.7. The minimum atomic E-state index is -0.414. The topological polar surface area (TPSA) is 81.6 Å². The Morgan fingerprint density at radius 2 is 2.64 bits per heavy atom. The maximum absolute atomic E-state index is 11.4. The van der Waals surface area contributed by atoms with Gasteiger partial charge in [-0.15, -0.1) is 0 Å². The van der Waals surface area contributed by atoms with E-state index in [1.807, 2.05) is 13.0 Å². The van der Waals surface area contributed by atoms with E-state index in [1.54, 1.807) is 0 Å². The summed E-state index contributed by atoms with van der Waals surface area (Å²) in [6.45, 7) is 1.97. The number of nitriles is 1. The zero-order valence-electron chi connectivity index (χ0n) is 7.95. The van der Waals surface area contributed by atoms with Gasteiger partial charge in [-0.25, -0.2) is 0 Å². The third-order valence-electron chi connectivity index (χ3n) is 1.80. The average Bonchev–Trinajstić information content (AvgIpc) is 2.69. The second kappa shape index (κ2) is 5.02. The molecule has 0 aliphatic rings. The Hall–Kier alpha value is -1.83. The lowest BCUT2D eigenvalue weighted by Gasteiger charge is -2.08. The predicted octanol–water partition coefficient (Wildman–Crippen LogP) is 0.832. The Bertz CT molecular complexity index is 325. The van der Waals surface area contributed by atoms with E-state index in [0.29, 0.717) is 12.0 Å². The van der Waals surface area contributed by atoms with Crippen LogP contribution in [0.1, 0.15) is 30.1 Å². The first-order valence-electron chi connectivity index (χ1n) is 4.47. The molecule has 5 nitrogen and oxygen atoms in total. The van der Waals surface area contributed by atoms with Gasteiger partial charge >= 0.3 is 0 Å². The van der Waals surface area contributed by atoms with Crippen molar-refractivity contribution in [2.45, 2.75) is 25.8 Å². The fraction of sp³-hybridized carbons (Fsp3) is 0.444. The zero-order valence-corrected chi connectivity index (χ0v) is 7.95. The van der Waals surface area contributed by atoms with Crippen molar-refractivity contribution in [3.05, 3.63) is 18.0 Å². The largest absolute Gasteiger partial charge is 0.336 e. The van der Waals surface area contributed by atoms with Crippen molar-refractivity contribution >= 4 is 5.91 Å². The number of hydrogen-bond acceptors (Lipinski definition) is 3. The smallest absolute Gasteiger partial charge is 0.255 e. The van der Waals surface area contributed by atoms with Gasteiger partial charge in [0.05, 0.1) is 17.8 Å². The summed E-state index contributed by atoms with van der Waals surface area (Å²) in [4.78, 5) is 11.4. The van der Waals surface area contributed by atoms with Crippen LogP contribution in [0.4, 0.5) is 0 Å². The Morgan fingerprint density at radius 3 is 3.14 bits per heavy atom. The van der Waals surface area contributed by atoms with Crippen LogP contribution in [0.2, 0.25) is 0 Å². The molecule has 2 N–H and O–H groups in total. The van der Waals surface area contributed by atoms with Gasteiger partial charge in [0.25, 0.3) is 5.91 Å². The molecule has 5 heteroatoms. The molecule has 1 heterocycles. The predicted molar refractivity (Wildman–Crippen MR) is 50.4 cm³/mol. The number of hydrogen-bond donors (Lipinski definition) is 2. The maximum atomic E-state index is 11.4. The molecule has 14 heavy (non-hydrogen) atoms. The van der Waals surface area contributed by atoms with Crippen molar-refractivity contribution in [2.24, 2.45) is 0 Å². The third-order valence-corrected chi connectivity index (χ3v) is 1.80. The summed E-state index contributed by atoms with van der Waals surface area (Å²) in [6, 6.07) is 1.62. The van der Waals surface area contributed by atoms with Gasteiger partial charge in [0, 0.05) is 6.20 Å². The monoisotopic (exact) mass is 192 g/mol. The van der Waals surface area contributed by atoms with Crippen LogP contribution in [0.3, 0.4) is 0 Å². The van der Waals surface area contributed by atoms with E-state index in [9.17, 15) is 4.79 Å². The van der Waals surface area contributed by atoms with Crippen LogP contribution in [0.5, 0.6) is 0 Å². The van der Waals surface area contributed by atoms with E-state index in [0.717, 1.165) is 6.42 Å². The molecule has 1 aromatic rings. The molecule has 0 bridgehead atoms. The number of carbonyl (C=O) groups excluding carboxylic acids is 1. The van der Waals surface area contributed by atoms with E-state index in [1.165, 1.54) is 12.4 Å². The quantitative estimate of drug-likeness (QED) is 0.741. The highest BCUT2D eigenvalue weighted by Crippen LogP contribution is 1.98. The van der Waals surface area contributed by atoms with Crippen LogP contribution in [0.25, 0.3) is 0 Å². The molecule has 0 aliphatic heterocycles. The lowest BCUT2D eigenvalue weighted by Crippen LogP contribution is -2.33. The fourth-order valence-electron chi connectivity index (χ4n) is 1.07. The van der Waals surface area contributed by atoms with Crippen molar-refractivity contribution in [1.29, 1.82) is 5.26 Å². The summed E-state index contributed by atoms with van der Waals surface area (Å²) in [5.41, 5.74) is 0.446. The number of carbonyl (C=O) groups is 1. The molecule has 0 aromatic carbocycles. The van der Waals surface area contributed by atoms with Gasteiger partial charge in [0.15, 0.2) is 0 Å². The summed E-state index contributed by atoms with van der Waals surface area (Å²) >= 11 is 0. The number of nitrogens with zero attached hydrogens (tertiary/aromatic N) is 2. The van der Waals surface area contributed by atoms with Crippen molar-refractivity contribution in [3.8, 4) is 6.07 Å². The molecule has 0 radical (unpaired) electrons. The first-order chi connectivity index (χ1) is 6.77. The molecule has 0 aliphatic carbocycles. The number of amides is 1. The Morgan fingerprint density at radius 1 is 1.86 bits per heavy atom. The van der Waals surface area contributed by atoms with E-state index in [2.05, 4.69) is 15.5 Å². The molecule has 1 rings (SSSR count). The second-order valence-corrected chi connectivity index (χ2v) is 2.93. The van der Waals surface area contributed by atoms with Gasteiger partial charge in [-0.05, 0) is 6.42 Å². The lowest BCUT2D eigenvalue weighted by atomic mass is 10.2. The van der Waals surface area contributed by atoms with Crippen molar-refractivity contribution in [2.75, 3.05) is 0 Å². The number of rotatable bonds is 4. The minimum Gasteiger partial charge on any atom is -0.336 e. The molecule has 0 saturated carbocycles. The van der Waals surface area contributed by atoms with Gasteiger partial charge in [-0.2, -0.15) is 10.4 Å². The summed E-state index contributed by atoms with van der Waals surface area (Å²) < 4.78 is 0. The summed E-state index contributed by atoms with van der Waals surface area (Å²) in [5, 5.41) is 17.5. The van der Waals surface area contributed by atoms with E-state index in [-0.39, 0.29) is 5.91 Å². The third kappa shape index (κ3) is 2.59. The minimum absolute atomic E-state index is 0.265. The number of H-pyrrole nitrogens is 1. The van der Waals surface area contributed by atoms with Crippen molar-refractivity contribution < 1.29 is 4.79 Å². The van der Waals surface area contributed by atoms with Crippen LogP contribution in [-0.2, 0) is 0 Å². The molecule has 74 valence electrons. The van der Waals surface area contributed by atoms with Crippen molar-refractivity contribution in [3.63, 3.8) is 0 Å². The molecular weight excluding hydrogens is 180 g/mol. The average molecular weight is 192 g/mol. The summed E-state index contributed by atoms with van der Waals surface area (Å²) in [5.74, 6) is -0.265. The first kappa shape index (κ1) is 10.3.